The molecule has 126 valence electrons. The van der Waals surface area contributed by atoms with E-state index in [4.69, 9.17) is 13.9 Å². The van der Waals surface area contributed by atoms with E-state index in [-0.39, 0.29) is 12.0 Å². The molecule has 0 unspecified atom stereocenters. The lowest BCUT2D eigenvalue weighted by molar-refractivity contribution is -0.153. The zero-order chi connectivity index (χ0) is 16.5. The predicted molar refractivity (Wildman–Crippen MR) is 83.1 cm³/mol. The minimum atomic E-state index is -0.543. The molecular weight excluding hydrogens is 310 g/mol. The van der Waals surface area contributed by atoms with Gasteiger partial charge in [-0.25, -0.2) is 0 Å². The Morgan fingerprint density at radius 2 is 2.08 bits per heavy atom. The molecule has 1 aromatic heterocycles. The maximum absolute atomic E-state index is 13.0. The number of carbonyl (C=O) groups excluding carboxylic acids is 1. The maximum Gasteiger partial charge on any atom is 0.256 e. The molecule has 0 saturated carbocycles. The zero-order valence-corrected chi connectivity index (χ0v) is 13.5. The number of benzene rings is 1. The number of nitrogens with zero attached hydrogens (tertiary/aromatic N) is 3. The van der Waals surface area contributed by atoms with Crippen LogP contribution in [0.4, 0.5) is 0 Å². The Bertz CT molecular complexity index is 745. The first kappa shape index (κ1) is 15.3. The standard InChI is InChI=1S/C17H19N3O4/c1-11-18-19-16(24-11)14-10-20(7-9-22-14)17(21)15-13-5-3-2-4-12(13)6-8-23-15/h2-5,14-15H,6-10H2,1H3/t14-,15+/m0/s1. The topological polar surface area (TPSA) is 77.7 Å². The van der Waals surface area contributed by atoms with Crippen LogP contribution >= 0.6 is 0 Å². The van der Waals surface area contributed by atoms with Crippen LogP contribution in [0.15, 0.2) is 28.7 Å². The molecule has 0 spiro atoms. The molecule has 3 heterocycles. The number of ether oxygens (including phenoxy) is 2. The number of aryl methyl sites for hydroxylation is 1. The first-order chi connectivity index (χ1) is 11.7. The molecule has 0 radical (unpaired) electrons. The van der Waals surface area contributed by atoms with Gasteiger partial charge in [-0.1, -0.05) is 24.3 Å². The van der Waals surface area contributed by atoms with Gasteiger partial charge in [0.1, 0.15) is 0 Å². The van der Waals surface area contributed by atoms with Crippen molar-refractivity contribution in [2.75, 3.05) is 26.3 Å². The van der Waals surface area contributed by atoms with Crippen molar-refractivity contribution < 1.29 is 18.7 Å². The fraction of sp³-hybridized carbons (Fsp3) is 0.471. The van der Waals surface area contributed by atoms with Crippen LogP contribution < -0.4 is 0 Å². The second-order valence-corrected chi connectivity index (χ2v) is 6.00. The lowest BCUT2D eigenvalue weighted by atomic mass is 9.96. The Kier molecular flexibility index (Phi) is 4.03. The summed E-state index contributed by atoms with van der Waals surface area (Å²) >= 11 is 0. The van der Waals surface area contributed by atoms with Gasteiger partial charge in [0.15, 0.2) is 12.2 Å². The summed E-state index contributed by atoms with van der Waals surface area (Å²) in [5.41, 5.74) is 2.14. The van der Waals surface area contributed by atoms with Crippen LogP contribution in [0.5, 0.6) is 0 Å². The molecule has 24 heavy (non-hydrogen) atoms. The lowest BCUT2D eigenvalue weighted by Gasteiger charge is -2.35. The van der Waals surface area contributed by atoms with E-state index in [1.807, 2.05) is 18.2 Å². The van der Waals surface area contributed by atoms with E-state index in [2.05, 4.69) is 16.3 Å². The first-order valence-corrected chi connectivity index (χ1v) is 8.12. The molecule has 1 amide bonds. The highest BCUT2D eigenvalue weighted by Gasteiger charge is 2.35. The third-order valence-electron chi connectivity index (χ3n) is 4.41. The van der Waals surface area contributed by atoms with Gasteiger partial charge in [0.05, 0.1) is 19.8 Å². The van der Waals surface area contributed by atoms with Crippen LogP contribution in [0.1, 0.15) is 35.1 Å². The van der Waals surface area contributed by atoms with Crippen molar-refractivity contribution in [2.45, 2.75) is 25.6 Å². The van der Waals surface area contributed by atoms with Gasteiger partial charge >= 0.3 is 0 Å². The highest BCUT2D eigenvalue weighted by molar-refractivity contribution is 5.83. The zero-order valence-electron chi connectivity index (χ0n) is 13.5. The second kappa shape index (κ2) is 6.33. The van der Waals surface area contributed by atoms with Gasteiger partial charge < -0.3 is 18.8 Å². The number of fused-ring (bicyclic) bond motifs is 1. The molecular formula is C17H19N3O4. The molecule has 7 nitrogen and oxygen atoms in total. The summed E-state index contributed by atoms with van der Waals surface area (Å²) in [7, 11) is 0. The SMILES string of the molecule is Cc1nnc([C@@H]2CN(C(=O)[C@@H]3OCCc4ccccc43)CCO2)o1. The Morgan fingerprint density at radius 3 is 2.92 bits per heavy atom. The average molecular weight is 329 g/mol. The normalized spacial score (nSPS) is 23.8. The number of carbonyl (C=O) groups is 1. The van der Waals surface area contributed by atoms with Gasteiger partial charge in [0.2, 0.25) is 11.8 Å². The molecule has 2 atom stereocenters. The van der Waals surface area contributed by atoms with Crippen LogP contribution in [0.3, 0.4) is 0 Å². The van der Waals surface area contributed by atoms with Crippen molar-refractivity contribution in [1.82, 2.24) is 15.1 Å². The van der Waals surface area contributed by atoms with Crippen LogP contribution in [0.2, 0.25) is 0 Å². The minimum absolute atomic E-state index is 0.0355. The maximum atomic E-state index is 13.0. The van der Waals surface area contributed by atoms with E-state index in [1.165, 1.54) is 5.56 Å². The van der Waals surface area contributed by atoms with E-state index in [0.717, 1.165) is 12.0 Å². The fourth-order valence-corrected chi connectivity index (χ4v) is 3.21. The summed E-state index contributed by atoms with van der Waals surface area (Å²) in [5, 5.41) is 7.83. The van der Waals surface area contributed by atoms with Gasteiger partial charge in [-0.2, -0.15) is 0 Å². The summed E-state index contributed by atoms with van der Waals surface area (Å²) in [5.74, 6) is 0.864. The molecule has 2 aromatic rings. The average Bonchev–Trinajstić information content (AvgIpc) is 3.07. The van der Waals surface area contributed by atoms with Crippen LogP contribution in [0, 0.1) is 6.92 Å². The molecule has 0 N–H and O–H groups in total. The van der Waals surface area contributed by atoms with E-state index in [9.17, 15) is 4.79 Å². The Balaban J connectivity index is 1.52. The smallest absolute Gasteiger partial charge is 0.256 e. The summed E-state index contributed by atoms with van der Waals surface area (Å²) in [6.07, 6.45) is -0.0895. The van der Waals surface area contributed by atoms with Crippen LogP contribution in [0.25, 0.3) is 0 Å². The fourth-order valence-electron chi connectivity index (χ4n) is 3.21. The summed E-state index contributed by atoms with van der Waals surface area (Å²) in [6, 6.07) is 7.96. The molecule has 7 heteroatoms. The molecule has 1 aromatic carbocycles. The highest BCUT2D eigenvalue weighted by atomic mass is 16.5. The molecule has 2 aliphatic rings. The minimum Gasteiger partial charge on any atom is -0.423 e. The van der Waals surface area contributed by atoms with E-state index in [0.29, 0.717) is 38.1 Å². The monoisotopic (exact) mass is 329 g/mol. The molecule has 0 aliphatic carbocycles. The van der Waals surface area contributed by atoms with Crippen molar-refractivity contribution in [3.05, 3.63) is 47.2 Å². The van der Waals surface area contributed by atoms with Gasteiger partial charge in [-0.15, -0.1) is 10.2 Å². The Morgan fingerprint density at radius 1 is 1.21 bits per heavy atom. The largest absolute Gasteiger partial charge is 0.423 e. The number of hydrogen-bond acceptors (Lipinski definition) is 6. The molecule has 1 fully saturated rings. The number of rotatable bonds is 2. The summed E-state index contributed by atoms with van der Waals surface area (Å²) in [6.45, 7) is 3.65. The second-order valence-electron chi connectivity index (χ2n) is 6.00. The number of hydrogen-bond donors (Lipinski definition) is 0. The van der Waals surface area contributed by atoms with Crippen molar-refractivity contribution in [2.24, 2.45) is 0 Å². The van der Waals surface area contributed by atoms with E-state index < -0.39 is 6.10 Å². The third-order valence-corrected chi connectivity index (χ3v) is 4.41. The van der Waals surface area contributed by atoms with Gasteiger partial charge in [0.25, 0.3) is 5.91 Å². The quantitative estimate of drug-likeness (QED) is 0.833. The number of amides is 1. The lowest BCUT2D eigenvalue weighted by Crippen LogP contribution is -2.45. The molecule has 0 bridgehead atoms. The highest BCUT2D eigenvalue weighted by Crippen LogP contribution is 2.30. The summed E-state index contributed by atoms with van der Waals surface area (Å²) < 4.78 is 16.9. The van der Waals surface area contributed by atoms with Crippen molar-refractivity contribution in [3.63, 3.8) is 0 Å². The third kappa shape index (κ3) is 2.81. The van der Waals surface area contributed by atoms with Crippen LogP contribution in [-0.4, -0.2) is 47.3 Å². The van der Waals surface area contributed by atoms with Crippen molar-refractivity contribution in [1.29, 1.82) is 0 Å². The number of morpholine rings is 1. The van der Waals surface area contributed by atoms with Crippen LogP contribution in [-0.2, 0) is 20.7 Å². The van der Waals surface area contributed by atoms with Crippen molar-refractivity contribution in [3.8, 4) is 0 Å². The van der Waals surface area contributed by atoms with Gasteiger partial charge in [0, 0.05) is 13.5 Å². The Hall–Kier alpha value is -2.25. The van der Waals surface area contributed by atoms with Gasteiger partial charge in [-0.05, 0) is 17.5 Å². The van der Waals surface area contributed by atoms with E-state index >= 15 is 0 Å². The Labute approximate surface area is 139 Å². The van der Waals surface area contributed by atoms with E-state index in [1.54, 1.807) is 11.8 Å². The summed E-state index contributed by atoms with van der Waals surface area (Å²) in [4.78, 5) is 14.7. The number of aromatic nitrogens is 2. The molecule has 4 rings (SSSR count). The van der Waals surface area contributed by atoms with Crippen molar-refractivity contribution >= 4 is 5.91 Å². The first-order valence-electron chi connectivity index (χ1n) is 8.12. The molecule has 1 saturated heterocycles. The molecule has 2 aliphatic heterocycles. The van der Waals surface area contributed by atoms with Gasteiger partial charge in [-0.3, -0.25) is 4.79 Å². The predicted octanol–water partition coefficient (Wildman–Crippen LogP) is 1.59.